The summed E-state index contributed by atoms with van der Waals surface area (Å²) in [5, 5.41) is 0. The van der Waals surface area contributed by atoms with Crippen LogP contribution in [0.15, 0.2) is 73.4 Å². The number of halogens is 2. The molecule has 0 unspecified atom stereocenters. The molecule has 0 aliphatic carbocycles. The summed E-state index contributed by atoms with van der Waals surface area (Å²) >= 11 is 0. The van der Waals surface area contributed by atoms with E-state index in [2.05, 4.69) is 13.2 Å². The van der Waals surface area contributed by atoms with Crippen LogP contribution >= 0.6 is 0 Å². The summed E-state index contributed by atoms with van der Waals surface area (Å²) in [4.78, 5) is 22.7. The van der Waals surface area contributed by atoms with Gasteiger partial charge < -0.3 is 34.3 Å². The van der Waals surface area contributed by atoms with E-state index in [1.165, 1.54) is 0 Å². The molecule has 0 atom stereocenters. The highest BCUT2D eigenvalue weighted by Gasteiger charge is 2.09. The number of nitrogens with zero attached hydrogens (tertiary/aromatic N) is 2. The fourth-order valence-electron chi connectivity index (χ4n) is 2.33. The summed E-state index contributed by atoms with van der Waals surface area (Å²) in [6.07, 6.45) is 7.79. The first-order valence-corrected chi connectivity index (χ1v) is 9.00. The Morgan fingerprint density at radius 2 is 1.03 bits per heavy atom. The second-order valence-corrected chi connectivity index (χ2v) is 6.48. The van der Waals surface area contributed by atoms with E-state index in [4.69, 9.17) is 9.47 Å². The van der Waals surface area contributed by atoms with Gasteiger partial charge in [-0.2, -0.15) is 0 Å². The van der Waals surface area contributed by atoms with Crippen molar-refractivity contribution in [2.24, 2.45) is 0 Å². The molecule has 0 aliphatic rings. The Labute approximate surface area is 189 Å². The van der Waals surface area contributed by atoms with Gasteiger partial charge in [-0.1, -0.05) is 13.2 Å². The molecule has 2 heterocycles. The Morgan fingerprint density at radius 1 is 0.733 bits per heavy atom. The molecule has 0 fully saturated rings. The lowest BCUT2D eigenvalue weighted by Crippen LogP contribution is -3.00. The summed E-state index contributed by atoms with van der Waals surface area (Å²) < 4.78 is 14.1. The predicted molar refractivity (Wildman–Crippen MR) is 104 cm³/mol. The first kappa shape index (κ1) is 27.3. The fourth-order valence-corrected chi connectivity index (χ4v) is 2.33. The summed E-state index contributed by atoms with van der Waals surface area (Å²) in [7, 11) is 0. The molecule has 0 aromatic carbocycles. The highest BCUT2D eigenvalue weighted by atomic mass is 35.5. The van der Waals surface area contributed by atoms with E-state index >= 15 is 0 Å². The van der Waals surface area contributed by atoms with Crippen molar-refractivity contribution in [3.05, 3.63) is 73.4 Å². The Bertz CT molecular complexity index is 792. The van der Waals surface area contributed by atoms with Crippen LogP contribution in [0, 0.1) is 0 Å². The van der Waals surface area contributed by atoms with Crippen molar-refractivity contribution in [3.8, 4) is 11.1 Å². The maximum atomic E-state index is 11.4. The minimum atomic E-state index is -0.371. The minimum absolute atomic E-state index is 0. The topological polar surface area (TPSA) is 60.4 Å². The van der Waals surface area contributed by atoms with Crippen LogP contribution < -0.4 is 33.9 Å². The van der Waals surface area contributed by atoms with Crippen molar-refractivity contribution in [2.45, 2.75) is 26.9 Å². The molecule has 2 rings (SSSR count). The van der Waals surface area contributed by atoms with Gasteiger partial charge in [0.25, 0.3) is 0 Å². The quantitative estimate of drug-likeness (QED) is 0.222. The zero-order chi connectivity index (χ0) is 20.5. The zero-order valence-electron chi connectivity index (χ0n) is 17.1. The van der Waals surface area contributed by atoms with Crippen LogP contribution in [0.5, 0.6) is 0 Å². The maximum absolute atomic E-state index is 11.4. The Kier molecular flexibility index (Phi) is 12.3. The van der Waals surface area contributed by atoms with Crippen LogP contribution in [0.25, 0.3) is 11.1 Å². The molecule has 2 aromatic heterocycles. The fraction of sp³-hybridized carbons (Fsp3) is 0.273. The molecule has 8 heteroatoms. The van der Waals surface area contributed by atoms with Gasteiger partial charge in [0.1, 0.15) is 0 Å². The van der Waals surface area contributed by atoms with E-state index in [1.54, 1.807) is 13.8 Å². The Hall–Kier alpha value is -2.70. The molecule has 0 bridgehead atoms. The van der Waals surface area contributed by atoms with E-state index in [0.717, 1.165) is 11.1 Å². The van der Waals surface area contributed by atoms with Crippen molar-refractivity contribution in [2.75, 3.05) is 13.2 Å². The molecular formula is C22H26Cl2N2O4. The van der Waals surface area contributed by atoms with E-state index < -0.39 is 0 Å². The van der Waals surface area contributed by atoms with Gasteiger partial charge in [0.15, 0.2) is 51.1 Å². The van der Waals surface area contributed by atoms with Gasteiger partial charge in [-0.3, -0.25) is 0 Å². The molecule has 162 valence electrons. The van der Waals surface area contributed by atoms with E-state index in [1.807, 2.05) is 58.2 Å². The second kappa shape index (κ2) is 13.5. The van der Waals surface area contributed by atoms with Gasteiger partial charge in [-0.15, -0.1) is 0 Å². The third-order valence-corrected chi connectivity index (χ3v) is 3.98. The number of pyridine rings is 2. The van der Waals surface area contributed by atoms with Crippen LogP contribution in [0.2, 0.25) is 0 Å². The number of carbonyl (C=O) groups excluding carboxylic acids is 2. The van der Waals surface area contributed by atoms with Crippen LogP contribution in [-0.2, 0) is 32.2 Å². The number of hydrogen-bond donors (Lipinski definition) is 0. The molecule has 0 saturated carbocycles. The highest BCUT2D eigenvalue weighted by molar-refractivity contribution is 5.87. The number of carbonyl (C=O) groups is 2. The SMILES string of the molecule is C=C(C)C(=O)OCC[n+]1ccc(-c2cc[n+](CCOC(=O)C(=C)C)cc2)cc1.[Cl-].[Cl-]. The van der Waals surface area contributed by atoms with Gasteiger partial charge >= 0.3 is 11.9 Å². The van der Waals surface area contributed by atoms with Crippen molar-refractivity contribution < 1.29 is 53.0 Å². The number of hydrogen-bond acceptors (Lipinski definition) is 4. The first-order valence-electron chi connectivity index (χ1n) is 9.00. The smallest absolute Gasteiger partial charge is 0.333 e. The summed E-state index contributed by atoms with van der Waals surface area (Å²) in [5.41, 5.74) is 2.96. The molecule has 6 nitrogen and oxygen atoms in total. The molecule has 0 spiro atoms. The molecule has 0 N–H and O–H groups in total. The van der Waals surface area contributed by atoms with Gasteiger partial charge in [-0.25, -0.2) is 18.7 Å². The van der Waals surface area contributed by atoms with E-state index in [0.29, 0.717) is 37.4 Å². The van der Waals surface area contributed by atoms with Crippen LogP contribution in [-0.4, -0.2) is 25.2 Å². The molecule has 0 aliphatic heterocycles. The van der Waals surface area contributed by atoms with Crippen LogP contribution in [0.1, 0.15) is 13.8 Å². The minimum Gasteiger partial charge on any atom is -1.00 e. The molecular weight excluding hydrogens is 427 g/mol. The van der Waals surface area contributed by atoms with Gasteiger partial charge in [-0.05, 0) is 25.0 Å². The number of aromatic nitrogens is 2. The number of ether oxygens (including phenoxy) is 2. The molecule has 2 aromatic rings. The van der Waals surface area contributed by atoms with Gasteiger partial charge in [0.2, 0.25) is 0 Å². The van der Waals surface area contributed by atoms with Gasteiger partial charge in [0.05, 0.1) is 0 Å². The summed E-state index contributed by atoms with van der Waals surface area (Å²) in [6.45, 7) is 12.1. The number of esters is 2. The normalized spacial score (nSPS) is 9.53. The van der Waals surface area contributed by atoms with Gasteiger partial charge in [0, 0.05) is 35.4 Å². The monoisotopic (exact) mass is 452 g/mol. The number of rotatable bonds is 9. The average Bonchev–Trinajstić information content (AvgIpc) is 2.68. The van der Waals surface area contributed by atoms with E-state index in [-0.39, 0.29) is 36.8 Å². The van der Waals surface area contributed by atoms with Crippen LogP contribution in [0.4, 0.5) is 0 Å². The maximum Gasteiger partial charge on any atom is 0.333 e. The van der Waals surface area contributed by atoms with E-state index in [9.17, 15) is 9.59 Å². The van der Waals surface area contributed by atoms with Crippen LogP contribution in [0.3, 0.4) is 0 Å². The third-order valence-electron chi connectivity index (χ3n) is 3.98. The molecule has 0 radical (unpaired) electrons. The molecule has 0 amide bonds. The Balaban J connectivity index is 0.00000420. The van der Waals surface area contributed by atoms with Crippen molar-refractivity contribution >= 4 is 11.9 Å². The standard InChI is InChI=1S/C22H26N2O4.2ClH/c1-17(2)21(25)27-15-13-23-9-5-19(6-10-23)20-7-11-24(12-8-20)14-16-28-22(26)18(3)4;;/h5-12H,1,3,13-16H2,2,4H3;2*1H/q+2;;/p-2. The lowest BCUT2D eigenvalue weighted by atomic mass is 10.1. The first-order chi connectivity index (χ1) is 13.4. The van der Waals surface area contributed by atoms with Crippen molar-refractivity contribution in [3.63, 3.8) is 0 Å². The third kappa shape index (κ3) is 8.76. The summed E-state index contributed by atoms with van der Waals surface area (Å²) in [6, 6.07) is 8.04. The lowest BCUT2D eigenvalue weighted by molar-refractivity contribution is -0.698. The molecule has 0 saturated heterocycles. The van der Waals surface area contributed by atoms with Crippen molar-refractivity contribution in [1.82, 2.24) is 0 Å². The second-order valence-electron chi connectivity index (χ2n) is 6.48. The van der Waals surface area contributed by atoms with Crippen molar-refractivity contribution in [1.29, 1.82) is 0 Å². The zero-order valence-corrected chi connectivity index (χ0v) is 18.7. The largest absolute Gasteiger partial charge is 1.00 e. The Morgan fingerprint density at radius 3 is 1.30 bits per heavy atom. The average molecular weight is 453 g/mol. The molecule has 30 heavy (non-hydrogen) atoms. The lowest BCUT2D eigenvalue weighted by Gasteiger charge is -2.04. The highest BCUT2D eigenvalue weighted by Crippen LogP contribution is 2.15. The predicted octanol–water partition coefficient (Wildman–Crippen LogP) is -3.82. The summed E-state index contributed by atoms with van der Waals surface area (Å²) in [5.74, 6) is -0.742.